The van der Waals surface area contributed by atoms with Gasteiger partial charge >= 0.3 is 0 Å². The molecule has 1 fully saturated rings. The van der Waals surface area contributed by atoms with E-state index in [4.69, 9.17) is 4.74 Å². The van der Waals surface area contributed by atoms with Crippen LogP contribution in [0.25, 0.3) is 0 Å². The van der Waals surface area contributed by atoms with Gasteiger partial charge in [-0.3, -0.25) is 14.7 Å². The fraction of sp³-hybridized carbons (Fsp3) is 0.400. The van der Waals surface area contributed by atoms with Gasteiger partial charge in [-0.05, 0) is 36.8 Å². The predicted octanol–water partition coefficient (Wildman–Crippen LogP) is 2.58. The molecule has 26 heavy (non-hydrogen) atoms. The quantitative estimate of drug-likeness (QED) is 0.778. The number of benzene rings is 1. The van der Waals surface area contributed by atoms with Crippen LogP contribution in [0.3, 0.4) is 0 Å². The van der Waals surface area contributed by atoms with E-state index in [1.165, 1.54) is 0 Å². The second-order valence-corrected chi connectivity index (χ2v) is 6.40. The first kappa shape index (κ1) is 20.2. The molecule has 1 aromatic carbocycles. The number of aromatic nitrogens is 1. The first-order chi connectivity index (χ1) is 12.2. The number of aryl methyl sites for hydroxylation is 1. The lowest BCUT2D eigenvalue weighted by atomic mass is 10.2. The van der Waals surface area contributed by atoms with Crippen molar-refractivity contribution < 1.29 is 9.53 Å². The molecule has 0 atom stereocenters. The maximum absolute atomic E-state index is 12.3. The van der Waals surface area contributed by atoms with Crippen LogP contribution in [0.1, 0.15) is 11.3 Å². The summed E-state index contributed by atoms with van der Waals surface area (Å²) in [6.45, 7) is 6.44. The number of rotatable bonds is 6. The van der Waals surface area contributed by atoms with Crippen LogP contribution in [0.15, 0.2) is 48.7 Å². The third-order valence-electron chi connectivity index (χ3n) is 4.49. The second-order valence-electron chi connectivity index (χ2n) is 6.40. The van der Waals surface area contributed by atoms with Crippen molar-refractivity contribution in [2.45, 2.75) is 13.3 Å². The molecule has 5 nitrogen and oxygen atoms in total. The Kier molecular flexibility index (Phi) is 7.88. The van der Waals surface area contributed by atoms with Gasteiger partial charge in [0.25, 0.3) is 5.91 Å². The minimum Gasteiger partial charge on any atom is -0.484 e. The molecule has 0 bridgehead atoms. The van der Waals surface area contributed by atoms with Crippen molar-refractivity contribution in [3.05, 3.63) is 59.9 Å². The van der Waals surface area contributed by atoms with E-state index >= 15 is 0 Å². The average molecular weight is 376 g/mol. The maximum atomic E-state index is 12.3. The molecular formula is C20H26ClN3O2. The molecule has 0 N–H and O–H groups in total. The number of nitrogens with zero attached hydrogens (tertiary/aromatic N) is 3. The van der Waals surface area contributed by atoms with Gasteiger partial charge in [-0.15, -0.1) is 12.4 Å². The topological polar surface area (TPSA) is 45.7 Å². The lowest BCUT2D eigenvalue weighted by molar-refractivity contribution is -0.135. The fourth-order valence-corrected chi connectivity index (χ4v) is 2.98. The number of hydrogen-bond donors (Lipinski definition) is 0. The van der Waals surface area contributed by atoms with Gasteiger partial charge in [0.2, 0.25) is 0 Å². The van der Waals surface area contributed by atoms with Crippen molar-refractivity contribution >= 4 is 18.3 Å². The summed E-state index contributed by atoms with van der Waals surface area (Å²) in [7, 11) is 0. The van der Waals surface area contributed by atoms with Crippen LogP contribution in [0, 0.1) is 6.92 Å². The van der Waals surface area contributed by atoms with Crippen LogP contribution in [-0.2, 0) is 11.2 Å². The Morgan fingerprint density at radius 2 is 1.92 bits per heavy atom. The molecule has 1 aliphatic rings. The van der Waals surface area contributed by atoms with Crippen molar-refractivity contribution in [3.63, 3.8) is 0 Å². The summed E-state index contributed by atoms with van der Waals surface area (Å²) in [4.78, 5) is 21.0. The lowest BCUT2D eigenvalue weighted by Gasteiger charge is -2.34. The molecule has 0 unspecified atom stereocenters. The number of amides is 1. The summed E-state index contributed by atoms with van der Waals surface area (Å²) >= 11 is 0. The van der Waals surface area contributed by atoms with Crippen molar-refractivity contribution in [1.82, 2.24) is 14.8 Å². The van der Waals surface area contributed by atoms with E-state index in [-0.39, 0.29) is 24.9 Å². The van der Waals surface area contributed by atoms with Crippen molar-refractivity contribution in [3.8, 4) is 5.75 Å². The van der Waals surface area contributed by atoms with Gasteiger partial charge in [0, 0.05) is 51.0 Å². The molecule has 0 aliphatic carbocycles. The van der Waals surface area contributed by atoms with E-state index < -0.39 is 0 Å². The monoisotopic (exact) mass is 375 g/mol. The molecule has 0 radical (unpaired) electrons. The first-order valence-corrected chi connectivity index (χ1v) is 8.80. The molecule has 2 heterocycles. The Labute approximate surface area is 161 Å². The molecule has 140 valence electrons. The van der Waals surface area contributed by atoms with E-state index in [0.29, 0.717) is 0 Å². The molecule has 1 amide bonds. The van der Waals surface area contributed by atoms with Crippen LogP contribution < -0.4 is 4.74 Å². The number of ether oxygens (including phenoxy) is 1. The molecule has 1 saturated heterocycles. The zero-order valence-electron chi connectivity index (χ0n) is 15.1. The van der Waals surface area contributed by atoms with Gasteiger partial charge in [0.05, 0.1) is 0 Å². The zero-order chi connectivity index (χ0) is 17.5. The van der Waals surface area contributed by atoms with Crippen LogP contribution in [0.5, 0.6) is 5.75 Å². The number of pyridine rings is 1. The highest BCUT2D eigenvalue weighted by molar-refractivity contribution is 5.85. The Morgan fingerprint density at radius 3 is 2.62 bits per heavy atom. The van der Waals surface area contributed by atoms with E-state index in [0.717, 1.165) is 56.2 Å². The number of halogens is 1. The van der Waals surface area contributed by atoms with Gasteiger partial charge in [0.1, 0.15) is 5.75 Å². The van der Waals surface area contributed by atoms with E-state index in [9.17, 15) is 4.79 Å². The van der Waals surface area contributed by atoms with Gasteiger partial charge in [0.15, 0.2) is 6.61 Å². The van der Waals surface area contributed by atoms with Crippen molar-refractivity contribution in [2.75, 3.05) is 39.3 Å². The summed E-state index contributed by atoms with van der Waals surface area (Å²) in [6, 6.07) is 13.8. The van der Waals surface area contributed by atoms with Crippen LogP contribution in [0.4, 0.5) is 0 Å². The molecular weight excluding hydrogens is 350 g/mol. The molecule has 3 rings (SSSR count). The smallest absolute Gasteiger partial charge is 0.260 e. The largest absolute Gasteiger partial charge is 0.484 e. The zero-order valence-corrected chi connectivity index (χ0v) is 16.0. The Balaban J connectivity index is 0.00000243. The Morgan fingerprint density at radius 1 is 1.12 bits per heavy atom. The highest BCUT2D eigenvalue weighted by Crippen LogP contribution is 2.12. The molecule has 1 aromatic heterocycles. The number of carbonyl (C=O) groups is 1. The average Bonchev–Trinajstić information content (AvgIpc) is 2.66. The normalized spacial score (nSPS) is 14.6. The third kappa shape index (κ3) is 6.00. The molecule has 0 saturated carbocycles. The van der Waals surface area contributed by atoms with E-state index in [1.807, 2.05) is 54.4 Å². The number of piperazine rings is 1. The first-order valence-electron chi connectivity index (χ1n) is 8.80. The summed E-state index contributed by atoms with van der Waals surface area (Å²) in [5.74, 6) is 0.813. The van der Waals surface area contributed by atoms with Crippen LogP contribution in [0.2, 0.25) is 0 Å². The summed E-state index contributed by atoms with van der Waals surface area (Å²) in [5, 5.41) is 0. The highest BCUT2D eigenvalue weighted by atomic mass is 35.5. The molecule has 2 aromatic rings. The van der Waals surface area contributed by atoms with Gasteiger partial charge in [-0.1, -0.05) is 18.2 Å². The number of carbonyl (C=O) groups excluding carboxylic acids is 1. The predicted molar refractivity (Wildman–Crippen MR) is 105 cm³/mol. The summed E-state index contributed by atoms with van der Waals surface area (Å²) in [5.41, 5.74) is 2.25. The van der Waals surface area contributed by atoms with Gasteiger partial charge < -0.3 is 9.64 Å². The molecule has 1 aliphatic heterocycles. The molecule has 0 spiro atoms. The van der Waals surface area contributed by atoms with Crippen molar-refractivity contribution in [1.29, 1.82) is 0 Å². The minimum atomic E-state index is 0. The van der Waals surface area contributed by atoms with E-state index in [1.54, 1.807) is 0 Å². The van der Waals surface area contributed by atoms with Gasteiger partial charge in [-0.25, -0.2) is 0 Å². The highest BCUT2D eigenvalue weighted by Gasteiger charge is 2.21. The van der Waals surface area contributed by atoms with Crippen LogP contribution >= 0.6 is 12.4 Å². The summed E-state index contributed by atoms with van der Waals surface area (Å²) < 4.78 is 5.62. The maximum Gasteiger partial charge on any atom is 0.260 e. The van der Waals surface area contributed by atoms with Crippen molar-refractivity contribution in [2.24, 2.45) is 0 Å². The third-order valence-corrected chi connectivity index (χ3v) is 4.49. The lowest BCUT2D eigenvalue weighted by Crippen LogP contribution is -2.50. The summed E-state index contributed by atoms with van der Waals surface area (Å²) in [6.07, 6.45) is 2.78. The van der Waals surface area contributed by atoms with E-state index in [2.05, 4.69) is 16.0 Å². The fourth-order valence-electron chi connectivity index (χ4n) is 2.98. The van der Waals surface area contributed by atoms with Gasteiger partial charge in [-0.2, -0.15) is 0 Å². The Bertz CT molecular complexity index is 688. The SMILES string of the molecule is Cc1cccc(OCC(=O)N2CCN(CCc3ccccn3)CC2)c1.Cl. The molecule has 6 heteroatoms. The standard InChI is InChI=1S/C20H25N3O2.ClH/c1-17-5-4-7-19(15-17)25-16-20(24)23-13-11-22(12-14-23)10-8-18-6-2-3-9-21-18;/h2-7,9,15H,8,10-14,16H2,1H3;1H. The Hall–Kier alpha value is -2.11. The van der Waals surface area contributed by atoms with Crippen LogP contribution in [-0.4, -0.2) is 60.0 Å². The number of hydrogen-bond acceptors (Lipinski definition) is 4. The second kappa shape index (κ2) is 10.1. The minimum absolute atomic E-state index is 0.